The van der Waals surface area contributed by atoms with Crippen LogP contribution in [0.1, 0.15) is 42.8 Å². The monoisotopic (exact) mass is 481 g/mol. The molecule has 1 aliphatic heterocycles. The Morgan fingerprint density at radius 2 is 1.97 bits per heavy atom. The molecule has 1 aromatic heterocycles. The highest BCUT2D eigenvalue weighted by atomic mass is 16.7. The van der Waals surface area contributed by atoms with E-state index in [1.807, 2.05) is 6.08 Å². The van der Waals surface area contributed by atoms with Crippen molar-refractivity contribution in [1.82, 2.24) is 0 Å². The van der Waals surface area contributed by atoms with Crippen molar-refractivity contribution in [2.45, 2.75) is 31.7 Å². The fourth-order valence-electron chi connectivity index (χ4n) is 4.00. The van der Waals surface area contributed by atoms with E-state index in [2.05, 4.69) is 0 Å². The molecule has 3 aromatic rings. The summed E-state index contributed by atoms with van der Waals surface area (Å²) in [6.45, 7) is 0.180. The van der Waals surface area contributed by atoms with E-state index in [0.717, 1.165) is 6.07 Å². The van der Waals surface area contributed by atoms with Crippen LogP contribution in [0.25, 0.3) is 11.0 Å². The molecule has 35 heavy (non-hydrogen) atoms. The van der Waals surface area contributed by atoms with Gasteiger partial charge in [0.15, 0.2) is 6.29 Å². The van der Waals surface area contributed by atoms with Gasteiger partial charge in [-0.25, -0.2) is 0 Å². The van der Waals surface area contributed by atoms with Crippen LogP contribution in [0.5, 0.6) is 5.75 Å². The summed E-state index contributed by atoms with van der Waals surface area (Å²) >= 11 is 0. The number of phenols is 1. The summed E-state index contributed by atoms with van der Waals surface area (Å²) in [5.41, 5.74) is 0.0125. The third-order valence-electron chi connectivity index (χ3n) is 5.78. The van der Waals surface area contributed by atoms with E-state index >= 15 is 0 Å². The van der Waals surface area contributed by atoms with Crippen molar-refractivity contribution in [3.63, 3.8) is 0 Å². The Balaban J connectivity index is 1.62. The van der Waals surface area contributed by atoms with E-state index in [-0.39, 0.29) is 46.9 Å². The van der Waals surface area contributed by atoms with Gasteiger partial charge in [0.2, 0.25) is 5.43 Å². The number of carbonyl (C=O) groups is 1. The second-order valence-corrected chi connectivity index (χ2v) is 8.14. The highest BCUT2D eigenvalue weighted by molar-refractivity contribution is 5.79. The number of aliphatic carboxylic acids is 1. The number of carboxylic acids is 1. The van der Waals surface area contributed by atoms with Crippen molar-refractivity contribution in [2.75, 3.05) is 6.61 Å². The maximum atomic E-state index is 13.1. The number of nitro groups is 1. The number of aromatic hydroxyl groups is 1. The fraction of sp³-hybridized carbons (Fsp3) is 0.280. The minimum atomic E-state index is -1.12. The summed E-state index contributed by atoms with van der Waals surface area (Å²) in [5.74, 6) is -1.08. The van der Waals surface area contributed by atoms with E-state index in [0.29, 0.717) is 18.4 Å². The Hall–Kier alpha value is -4.02. The topological polar surface area (TPSA) is 149 Å². The predicted octanol–water partition coefficient (Wildman–Crippen LogP) is 4.62. The Morgan fingerprint density at radius 1 is 1.17 bits per heavy atom. The van der Waals surface area contributed by atoms with Crippen LogP contribution in [0.3, 0.4) is 0 Å². The van der Waals surface area contributed by atoms with Gasteiger partial charge in [-0.3, -0.25) is 19.7 Å². The summed E-state index contributed by atoms with van der Waals surface area (Å²) < 4.78 is 17.5. The SMILES string of the molecule is O=C(O)CCC=CCC1COC(c2coc3ccc([N+](=O)[O-])cc3c2=O)OC1c1ccccc1O. The molecule has 0 amide bonds. The molecule has 182 valence electrons. The highest BCUT2D eigenvalue weighted by Gasteiger charge is 2.36. The quantitative estimate of drug-likeness (QED) is 0.267. The summed E-state index contributed by atoms with van der Waals surface area (Å²) in [7, 11) is 0. The number of nitro benzene ring substituents is 1. The van der Waals surface area contributed by atoms with Gasteiger partial charge in [-0.1, -0.05) is 30.4 Å². The highest BCUT2D eigenvalue weighted by Crippen LogP contribution is 2.42. The predicted molar refractivity (Wildman–Crippen MR) is 124 cm³/mol. The number of para-hydroxylation sites is 1. The number of fused-ring (bicyclic) bond motifs is 1. The molecule has 1 fully saturated rings. The molecule has 1 aliphatic rings. The van der Waals surface area contributed by atoms with Crippen molar-refractivity contribution in [3.8, 4) is 5.75 Å². The standard InChI is InChI=1S/C25H23NO9/c27-20-8-5-4-7-17(20)24-15(6-2-1-3-9-22(28)29)13-34-25(35-24)19-14-33-21-11-10-16(26(31)32)12-18(21)23(19)30/h1-2,4-5,7-8,10-12,14-15,24-25,27H,3,6,9,13H2,(H,28,29). The molecule has 0 bridgehead atoms. The second-order valence-electron chi connectivity index (χ2n) is 8.14. The number of phenolic OH excluding ortho intramolecular Hbond substituents is 1. The summed E-state index contributed by atoms with van der Waals surface area (Å²) in [6.07, 6.45) is 3.97. The van der Waals surface area contributed by atoms with Crippen molar-refractivity contribution in [3.05, 3.63) is 92.3 Å². The largest absolute Gasteiger partial charge is 0.508 e. The second kappa shape index (κ2) is 10.5. The lowest BCUT2D eigenvalue weighted by atomic mass is 9.91. The third-order valence-corrected chi connectivity index (χ3v) is 5.78. The van der Waals surface area contributed by atoms with Gasteiger partial charge in [0.25, 0.3) is 5.69 Å². The lowest BCUT2D eigenvalue weighted by molar-refractivity contribution is -0.384. The first-order chi connectivity index (χ1) is 16.8. The molecule has 0 radical (unpaired) electrons. The molecule has 3 atom stereocenters. The summed E-state index contributed by atoms with van der Waals surface area (Å²) in [4.78, 5) is 34.4. The van der Waals surface area contributed by atoms with Crippen LogP contribution in [0, 0.1) is 16.0 Å². The number of hydrogen-bond acceptors (Lipinski definition) is 8. The number of rotatable bonds is 8. The molecule has 2 aromatic carbocycles. The maximum Gasteiger partial charge on any atom is 0.303 e. The minimum Gasteiger partial charge on any atom is -0.508 e. The molecular formula is C25H23NO9. The Kier molecular flexibility index (Phi) is 7.23. The van der Waals surface area contributed by atoms with Crippen molar-refractivity contribution < 1.29 is 33.8 Å². The van der Waals surface area contributed by atoms with Crippen LogP contribution in [-0.4, -0.2) is 27.7 Å². The summed E-state index contributed by atoms with van der Waals surface area (Å²) in [6, 6.07) is 10.5. The van der Waals surface area contributed by atoms with Crippen LogP contribution >= 0.6 is 0 Å². The van der Waals surface area contributed by atoms with Gasteiger partial charge in [-0.15, -0.1) is 0 Å². The van der Waals surface area contributed by atoms with Crippen molar-refractivity contribution in [1.29, 1.82) is 0 Å². The third kappa shape index (κ3) is 5.39. The lowest BCUT2D eigenvalue weighted by Crippen LogP contribution is -2.32. The molecule has 10 nitrogen and oxygen atoms in total. The number of carboxylic acid groups (broad SMARTS) is 1. The van der Waals surface area contributed by atoms with Gasteiger partial charge < -0.3 is 24.1 Å². The van der Waals surface area contributed by atoms with Gasteiger partial charge in [0.1, 0.15) is 17.6 Å². The zero-order valence-electron chi connectivity index (χ0n) is 18.5. The van der Waals surface area contributed by atoms with Crippen LogP contribution in [0.15, 0.2) is 70.1 Å². The first-order valence-corrected chi connectivity index (χ1v) is 11.0. The van der Waals surface area contributed by atoms with E-state index in [9.17, 15) is 24.8 Å². The van der Waals surface area contributed by atoms with Crippen molar-refractivity contribution >= 4 is 22.6 Å². The smallest absolute Gasteiger partial charge is 0.303 e. The van der Waals surface area contributed by atoms with Gasteiger partial charge in [0, 0.05) is 30.0 Å². The zero-order valence-corrected chi connectivity index (χ0v) is 18.5. The normalized spacial score (nSPS) is 20.3. The van der Waals surface area contributed by atoms with E-state index in [1.54, 1.807) is 24.3 Å². The van der Waals surface area contributed by atoms with Crippen LogP contribution in [-0.2, 0) is 14.3 Å². The molecule has 2 heterocycles. The molecular weight excluding hydrogens is 458 g/mol. The number of non-ortho nitro benzene ring substituents is 1. The average molecular weight is 481 g/mol. The molecule has 10 heteroatoms. The van der Waals surface area contributed by atoms with Crippen LogP contribution < -0.4 is 5.43 Å². The van der Waals surface area contributed by atoms with Crippen LogP contribution in [0.2, 0.25) is 0 Å². The number of hydrogen-bond donors (Lipinski definition) is 2. The Morgan fingerprint density at radius 3 is 2.71 bits per heavy atom. The van der Waals surface area contributed by atoms with E-state index in [4.69, 9.17) is 19.0 Å². The number of ether oxygens (including phenoxy) is 2. The molecule has 0 aliphatic carbocycles. The average Bonchev–Trinajstić information content (AvgIpc) is 2.84. The first kappa shape index (κ1) is 24.1. The van der Waals surface area contributed by atoms with Gasteiger partial charge in [-0.05, 0) is 25.0 Å². The van der Waals surface area contributed by atoms with Crippen LogP contribution in [0.4, 0.5) is 5.69 Å². The fourth-order valence-corrected chi connectivity index (χ4v) is 4.00. The minimum absolute atomic E-state index is 0.0229. The van der Waals surface area contributed by atoms with E-state index < -0.39 is 28.7 Å². The molecule has 3 unspecified atom stereocenters. The van der Waals surface area contributed by atoms with E-state index in [1.165, 1.54) is 24.5 Å². The number of nitrogens with zero attached hydrogens (tertiary/aromatic N) is 1. The van der Waals surface area contributed by atoms with Gasteiger partial charge in [-0.2, -0.15) is 0 Å². The maximum absolute atomic E-state index is 13.1. The zero-order chi connectivity index (χ0) is 24.9. The van der Waals surface area contributed by atoms with Crippen molar-refractivity contribution in [2.24, 2.45) is 5.92 Å². The van der Waals surface area contributed by atoms with Gasteiger partial charge >= 0.3 is 5.97 Å². The Bertz CT molecular complexity index is 1330. The molecule has 4 rings (SSSR count). The number of allylic oxidation sites excluding steroid dienone is 2. The number of benzene rings is 2. The molecule has 0 spiro atoms. The Labute approximate surface area is 199 Å². The molecule has 1 saturated heterocycles. The first-order valence-electron chi connectivity index (χ1n) is 11.0. The molecule has 2 N–H and O–H groups in total. The van der Waals surface area contributed by atoms with Gasteiger partial charge in [0.05, 0.1) is 28.6 Å². The summed E-state index contributed by atoms with van der Waals surface area (Å²) in [5, 5.41) is 30.4. The lowest BCUT2D eigenvalue weighted by Gasteiger charge is -2.36. The molecule has 0 saturated carbocycles.